The highest BCUT2D eigenvalue weighted by molar-refractivity contribution is 5.81. The molecule has 5 heteroatoms. The molecule has 0 unspecified atom stereocenters. The highest BCUT2D eigenvalue weighted by Crippen LogP contribution is 2.24. The minimum absolute atomic E-state index is 0.455. The smallest absolute Gasteiger partial charge is 0.0931 e. The summed E-state index contributed by atoms with van der Waals surface area (Å²) < 4.78 is 0. The van der Waals surface area contributed by atoms with E-state index in [0.29, 0.717) is 6.54 Å². The monoisotopic (exact) mass is 213 g/mol. The third-order valence-electron chi connectivity index (χ3n) is 2.65. The van der Waals surface area contributed by atoms with Crippen molar-refractivity contribution < 1.29 is 0 Å². The van der Waals surface area contributed by atoms with Crippen LogP contribution in [0.15, 0.2) is 30.7 Å². The number of fused-ring (bicyclic) bond motifs is 1. The first-order valence-electron chi connectivity index (χ1n) is 5.04. The van der Waals surface area contributed by atoms with Gasteiger partial charge < -0.3 is 10.7 Å². The average molecular weight is 213 g/mol. The zero-order valence-corrected chi connectivity index (χ0v) is 8.57. The van der Waals surface area contributed by atoms with Gasteiger partial charge in [-0.1, -0.05) is 6.07 Å². The fraction of sp³-hybridized carbons (Fsp3) is 0.0909. The van der Waals surface area contributed by atoms with Crippen molar-refractivity contribution in [3.8, 4) is 11.1 Å². The predicted octanol–water partition coefficient (Wildman–Crippen LogP) is 1.41. The molecule has 80 valence electrons. The Morgan fingerprint density at radius 2 is 2.25 bits per heavy atom. The summed E-state index contributed by atoms with van der Waals surface area (Å²) in [6.45, 7) is 0.455. The maximum absolute atomic E-state index is 5.63. The maximum atomic E-state index is 5.63. The number of hydrogen-bond donors (Lipinski definition) is 3. The zero-order chi connectivity index (χ0) is 11.0. The molecule has 0 aliphatic heterocycles. The first-order valence-corrected chi connectivity index (χ1v) is 5.04. The molecule has 3 rings (SSSR count). The summed E-state index contributed by atoms with van der Waals surface area (Å²) in [5.41, 5.74) is 10.7. The lowest BCUT2D eigenvalue weighted by Gasteiger charge is -2.00. The van der Waals surface area contributed by atoms with E-state index in [9.17, 15) is 0 Å². The maximum Gasteiger partial charge on any atom is 0.0931 e. The SMILES string of the molecule is NCc1[nH]ncc1-c1ccc2nc[nH]c2c1. The normalized spacial score (nSPS) is 11.1. The fourth-order valence-electron chi connectivity index (χ4n) is 1.82. The summed E-state index contributed by atoms with van der Waals surface area (Å²) in [4.78, 5) is 7.27. The molecule has 0 radical (unpaired) electrons. The van der Waals surface area contributed by atoms with Crippen molar-refractivity contribution >= 4 is 11.0 Å². The number of aromatic amines is 2. The zero-order valence-electron chi connectivity index (χ0n) is 8.57. The molecule has 4 N–H and O–H groups in total. The molecule has 0 saturated heterocycles. The van der Waals surface area contributed by atoms with Crippen LogP contribution in [-0.4, -0.2) is 20.2 Å². The first-order chi connectivity index (χ1) is 7.88. The van der Waals surface area contributed by atoms with Crippen molar-refractivity contribution in [1.29, 1.82) is 0 Å². The van der Waals surface area contributed by atoms with Gasteiger partial charge in [-0.25, -0.2) is 4.98 Å². The number of H-pyrrole nitrogens is 2. The molecule has 16 heavy (non-hydrogen) atoms. The minimum atomic E-state index is 0.455. The van der Waals surface area contributed by atoms with Crippen LogP contribution in [0.25, 0.3) is 22.2 Å². The predicted molar refractivity (Wildman–Crippen MR) is 61.6 cm³/mol. The summed E-state index contributed by atoms with van der Waals surface area (Å²) in [5, 5.41) is 6.90. The Balaban J connectivity index is 2.18. The number of nitrogens with one attached hydrogen (secondary N) is 2. The summed E-state index contributed by atoms with van der Waals surface area (Å²) in [5.74, 6) is 0. The average Bonchev–Trinajstić information content (AvgIpc) is 2.96. The number of nitrogens with zero attached hydrogens (tertiary/aromatic N) is 2. The standard InChI is InChI=1S/C11H11N5/c12-4-11-8(5-15-16-11)7-1-2-9-10(3-7)14-6-13-9/h1-3,5-6H,4,12H2,(H,13,14)(H,15,16). The van der Waals surface area contributed by atoms with Gasteiger partial charge in [-0.05, 0) is 17.7 Å². The van der Waals surface area contributed by atoms with Crippen LogP contribution >= 0.6 is 0 Å². The number of benzene rings is 1. The number of imidazole rings is 1. The molecule has 0 aliphatic rings. The van der Waals surface area contributed by atoms with Crippen LogP contribution in [0.1, 0.15) is 5.69 Å². The molecular formula is C11H11N5. The van der Waals surface area contributed by atoms with Crippen LogP contribution < -0.4 is 5.73 Å². The van der Waals surface area contributed by atoms with Gasteiger partial charge in [0.1, 0.15) is 0 Å². The molecule has 0 amide bonds. The summed E-state index contributed by atoms with van der Waals surface area (Å²) in [6.07, 6.45) is 3.48. The Kier molecular flexibility index (Phi) is 1.97. The molecule has 2 aromatic heterocycles. The van der Waals surface area contributed by atoms with Crippen molar-refractivity contribution in [3.05, 3.63) is 36.4 Å². The van der Waals surface area contributed by atoms with Crippen LogP contribution in [0, 0.1) is 0 Å². The third kappa shape index (κ3) is 1.30. The number of nitrogens with two attached hydrogens (primary N) is 1. The van der Waals surface area contributed by atoms with Gasteiger partial charge in [-0.15, -0.1) is 0 Å². The van der Waals surface area contributed by atoms with E-state index in [0.717, 1.165) is 27.9 Å². The van der Waals surface area contributed by atoms with E-state index in [1.807, 2.05) is 18.2 Å². The van der Waals surface area contributed by atoms with E-state index < -0.39 is 0 Å². The van der Waals surface area contributed by atoms with E-state index in [2.05, 4.69) is 20.2 Å². The molecule has 0 aliphatic carbocycles. The lowest BCUT2D eigenvalue weighted by atomic mass is 10.1. The fourth-order valence-corrected chi connectivity index (χ4v) is 1.82. The molecule has 2 heterocycles. The van der Waals surface area contributed by atoms with E-state index in [4.69, 9.17) is 5.73 Å². The van der Waals surface area contributed by atoms with E-state index >= 15 is 0 Å². The van der Waals surface area contributed by atoms with Crippen LogP contribution in [0.3, 0.4) is 0 Å². The number of hydrogen-bond acceptors (Lipinski definition) is 3. The van der Waals surface area contributed by atoms with Gasteiger partial charge in [-0.2, -0.15) is 5.10 Å². The molecule has 0 saturated carbocycles. The topological polar surface area (TPSA) is 83.4 Å². The van der Waals surface area contributed by atoms with Gasteiger partial charge in [0.25, 0.3) is 0 Å². The lowest BCUT2D eigenvalue weighted by Crippen LogP contribution is -1.98. The van der Waals surface area contributed by atoms with Crippen molar-refractivity contribution in [2.75, 3.05) is 0 Å². The second-order valence-corrected chi connectivity index (χ2v) is 3.60. The summed E-state index contributed by atoms with van der Waals surface area (Å²) in [7, 11) is 0. The van der Waals surface area contributed by atoms with Gasteiger partial charge in [0.2, 0.25) is 0 Å². The Morgan fingerprint density at radius 3 is 3.12 bits per heavy atom. The Bertz CT molecular complexity index is 622. The second kappa shape index (κ2) is 3.46. The molecule has 0 fully saturated rings. The minimum Gasteiger partial charge on any atom is -0.345 e. The van der Waals surface area contributed by atoms with Gasteiger partial charge in [0, 0.05) is 12.1 Å². The quantitative estimate of drug-likeness (QED) is 0.601. The number of aromatic nitrogens is 4. The molecule has 3 aromatic rings. The summed E-state index contributed by atoms with van der Waals surface area (Å²) >= 11 is 0. The Hall–Kier alpha value is -2.14. The van der Waals surface area contributed by atoms with Gasteiger partial charge in [0.15, 0.2) is 0 Å². The van der Waals surface area contributed by atoms with Crippen molar-refractivity contribution in [2.24, 2.45) is 5.73 Å². The largest absolute Gasteiger partial charge is 0.345 e. The molecular weight excluding hydrogens is 202 g/mol. The van der Waals surface area contributed by atoms with E-state index in [-0.39, 0.29) is 0 Å². The van der Waals surface area contributed by atoms with E-state index in [1.54, 1.807) is 12.5 Å². The highest BCUT2D eigenvalue weighted by atomic mass is 15.1. The van der Waals surface area contributed by atoms with Gasteiger partial charge in [-0.3, -0.25) is 5.10 Å². The van der Waals surface area contributed by atoms with Crippen molar-refractivity contribution in [1.82, 2.24) is 20.2 Å². The molecule has 1 aromatic carbocycles. The van der Waals surface area contributed by atoms with Crippen molar-refractivity contribution in [3.63, 3.8) is 0 Å². The van der Waals surface area contributed by atoms with Gasteiger partial charge in [0.05, 0.1) is 29.3 Å². The van der Waals surface area contributed by atoms with Crippen LogP contribution in [0.4, 0.5) is 0 Å². The molecule has 0 atom stereocenters. The lowest BCUT2D eigenvalue weighted by molar-refractivity contribution is 0.948. The van der Waals surface area contributed by atoms with Crippen molar-refractivity contribution in [2.45, 2.75) is 6.54 Å². The van der Waals surface area contributed by atoms with Crippen LogP contribution in [0.5, 0.6) is 0 Å². The molecule has 0 bridgehead atoms. The van der Waals surface area contributed by atoms with E-state index in [1.165, 1.54) is 0 Å². The Morgan fingerprint density at radius 1 is 1.31 bits per heavy atom. The second-order valence-electron chi connectivity index (χ2n) is 3.60. The number of rotatable bonds is 2. The third-order valence-corrected chi connectivity index (χ3v) is 2.65. The van der Waals surface area contributed by atoms with Crippen LogP contribution in [-0.2, 0) is 6.54 Å². The van der Waals surface area contributed by atoms with Crippen LogP contribution in [0.2, 0.25) is 0 Å². The molecule has 0 spiro atoms. The molecule has 5 nitrogen and oxygen atoms in total. The highest BCUT2D eigenvalue weighted by Gasteiger charge is 2.07. The summed E-state index contributed by atoms with van der Waals surface area (Å²) in [6, 6.07) is 6.05. The van der Waals surface area contributed by atoms with Gasteiger partial charge >= 0.3 is 0 Å². The Labute approximate surface area is 91.7 Å². The first kappa shape index (κ1) is 9.11.